The van der Waals surface area contributed by atoms with Crippen LogP contribution in [0.2, 0.25) is 0 Å². The standard InChI is InChI=1S/C48H31N3/c49-32-33-11-9-16-38(27-33)40-28-41(46-19-10-18-45(50-46)37-14-5-2-6-15-37)30-42(29-40)51-47-20-8-7-17-43(47)44-26-25-39(31-48(44)51)36-23-21-35(22-24-36)34-12-3-1-4-13-34/h1-31H. The van der Waals surface area contributed by atoms with Gasteiger partial charge in [0.15, 0.2) is 0 Å². The molecule has 0 N–H and O–H groups in total. The molecule has 0 amide bonds. The van der Waals surface area contributed by atoms with Crippen LogP contribution in [0, 0.1) is 11.3 Å². The van der Waals surface area contributed by atoms with Gasteiger partial charge in [0.1, 0.15) is 0 Å². The third-order valence-electron chi connectivity index (χ3n) is 9.61. The molecule has 0 saturated heterocycles. The fourth-order valence-corrected chi connectivity index (χ4v) is 7.10. The van der Waals surface area contributed by atoms with E-state index in [1.807, 2.05) is 42.5 Å². The number of rotatable bonds is 6. The fraction of sp³-hybridized carbons (Fsp3) is 0. The second kappa shape index (κ2) is 12.8. The molecule has 9 rings (SSSR count). The zero-order chi connectivity index (χ0) is 34.1. The molecule has 2 heterocycles. The smallest absolute Gasteiger partial charge is 0.0991 e. The Kier molecular flexibility index (Phi) is 7.54. The Labute approximate surface area is 297 Å². The summed E-state index contributed by atoms with van der Waals surface area (Å²) in [5.74, 6) is 0. The minimum atomic E-state index is 0.628. The van der Waals surface area contributed by atoms with Gasteiger partial charge in [-0.2, -0.15) is 5.26 Å². The van der Waals surface area contributed by atoms with Crippen molar-refractivity contribution < 1.29 is 0 Å². The number of para-hydroxylation sites is 1. The molecule has 0 fully saturated rings. The summed E-state index contributed by atoms with van der Waals surface area (Å²) in [7, 11) is 0. The summed E-state index contributed by atoms with van der Waals surface area (Å²) in [5, 5.41) is 12.1. The van der Waals surface area contributed by atoms with Gasteiger partial charge in [0, 0.05) is 27.6 Å². The molecule has 9 aromatic rings. The first-order valence-corrected chi connectivity index (χ1v) is 17.1. The predicted octanol–water partition coefficient (Wildman–Crippen LogP) is 12.4. The summed E-state index contributed by atoms with van der Waals surface area (Å²) in [6, 6.07) is 68.0. The maximum Gasteiger partial charge on any atom is 0.0991 e. The number of fused-ring (bicyclic) bond motifs is 3. The lowest BCUT2D eigenvalue weighted by atomic mass is 9.98. The fourth-order valence-electron chi connectivity index (χ4n) is 7.10. The van der Waals surface area contributed by atoms with Crippen LogP contribution in [0.4, 0.5) is 0 Å². The molecular formula is C48H31N3. The van der Waals surface area contributed by atoms with Crippen LogP contribution in [0.15, 0.2) is 188 Å². The number of hydrogen-bond acceptors (Lipinski definition) is 2. The van der Waals surface area contributed by atoms with Gasteiger partial charge in [0.05, 0.1) is 34.1 Å². The Hall–Kier alpha value is -7.02. The Bertz CT molecular complexity index is 2730. The minimum Gasteiger partial charge on any atom is -0.309 e. The van der Waals surface area contributed by atoms with Crippen LogP contribution in [-0.4, -0.2) is 9.55 Å². The summed E-state index contributed by atoms with van der Waals surface area (Å²) >= 11 is 0. The van der Waals surface area contributed by atoms with E-state index < -0.39 is 0 Å². The number of nitrogens with zero attached hydrogens (tertiary/aromatic N) is 3. The first-order valence-electron chi connectivity index (χ1n) is 17.1. The van der Waals surface area contributed by atoms with Crippen LogP contribution < -0.4 is 0 Å². The van der Waals surface area contributed by atoms with Gasteiger partial charge in [-0.25, -0.2) is 4.98 Å². The first-order chi connectivity index (χ1) is 25.2. The van der Waals surface area contributed by atoms with Crippen LogP contribution in [0.3, 0.4) is 0 Å². The predicted molar refractivity (Wildman–Crippen MR) is 210 cm³/mol. The lowest BCUT2D eigenvalue weighted by molar-refractivity contribution is 1.18. The third kappa shape index (κ3) is 5.65. The van der Waals surface area contributed by atoms with E-state index in [1.165, 1.54) is 21.9 Å². The van der Waals surface area contributed by atoms with Gasteiger partial charge < -0.3 is 4.57 Å². The van der Waals surface area contributed by atoms with E-state index in [1.54, 1.807) is 0 Å². The monoisotopic (exact) mass is 649 g/mol. The minimum absolute atomic E-state index is 0.628. The second-order valence-corrected chi connectivity index (χ2v) is 12.8. The highest BCUT2D eigenvalue weighted by molar-refractivity contribution is 6.10. The van der Waals surface area contributed by atoms with Crippen molar-refractivity contribution in [3.63, 3.8) is 0 Å². The van der Waals surface area contributed by atoms with Crippen molar-refractivity contribution in [2.75, 3.05) is 0 Å². The van der Waals surface area contributed by atoms with Gasteiger partial charge in [0.2, 0.25) is 0 Å². The van der Waals surface area contributed by atoms with Crippen LogP contribution in [-0.2, 0) is 0 Å². The molecule has 0 aliphatic carbocycles. The van der Waals surface area contributed by atoms with E-state index in [2.05, 4.69) is 156 Å². The van der Waals surface area contributed by atoms with E-state index in [-0.39, 0.29) is 0 Å². The lowest BCUT2D eigenvalue weighted by Crippen LogP contribution is -1.97. The molecule has 0 aliphatic rings. The van der Waals surface area contributed by atoms with E-state index in [0.29, 0.717) is 5.56 Å². The highest BCUT2D eigenvalue weighted by Crippen LogP contribution is 2.38. The molecule has 0 aliphatic heterocycles. The molecule has 0 radical (unpaired) electrons. The molecule has 3 heteroatoms. The third-order valence-corrected chi connectivity index (χ3v) is 9.61. The molecule has 238 valence electrons. The lowest BCUT2D eigenvalue weighted by Gasteiger charge is -2.15. The highest BCUT2D eigenvalue weighted by atomic mass is 15.0. The van der Waals surface area contributed by atoms with Gasteiger partial charge in [-0.15, -0.1) is 0 Å². The molecule has 0 unspecified atom stereocenters. The van der Waals surface area contributed by atoms with Crippen molar-refractivity contribution >= 4 is 21.8 Å². The SMILES string of the molecule is N#Cc1cccc(-c2cc(-c3cccc(-c4ccccc4)n3)cc(-n3c4ccccc4c4ccc(-c5ccc(-c6ccccc6)cc5)cc43)c2)c1. The Morgan fingerprint density at radius 2 is 0.922 bits per heavy atom. The maximum atomic E-state index is 9.75. The average Bonchev–Trinajstić information content (AvgIpc) is 3.55. The van der Waals surface area contributed by atoms with Crippen molar-refractivity contribution in [3.8, 4) is 67.7 Å². The zero-order valence-electron chi connectivity index (χ0n) is 27.7. The highest BCUT2D eigenvalue weighted by Gasteiger charge is 2.16. The second-order valence-electron chi connectivity index (χ2n) is 12.8. The van der Waals surface area contributed by atoms with Gasteiger partial charge in [-0.1, -0.05) is 133 Å². The number of aromatic nitrogens is 2. The summed E-state index contributed by atoms with van der Waals surface area (Å²) < 4.78 is 2.37. The molecular weight excluding hydrogens is 619 g/mol. The van der Waals surface area contributed by atoms with Crippen molar-refractivity contribution in [1.82, 2.24) is 9.55 Å². The molecule has 7 aromatic carbocycles. The summed E-state index contributed by atoms with van der Waals surface area (Å²) in [5.41, 5.74) is 14.5. The van der Waals surface area contributed by atoms with Gasteiger partial charge in [-0.3, -0.25) is 0 Å². The van der Waals surface area contributed by atoms with Gasteiger partial charge in [0.25, 0.3) is 0 Å². The van der Waals surface area contributed by atoms with E-state index >= 15 is 0 Å². The van der Waals surface area contributed by atoms with Crippen molar-refractivity contribution in [1.29, 1.82) is 5.26 Å². The Morgan fingerprint density at radius 3 is 1.69 bits per heavy atom. The Balaban J connectivity index is 1.25. The number of benzene rings is 7. The molecule has 0 atom stereocenters. The molecule has 3 nitrogen and oxygen atoms in total. The van der Waals surface area contributed by atoms with Crippen molar-refractivity contribution in [2.24, 2.45) is 0 Å². The molecule has 2 aromatic heterocycles. The zero-order valence-corrected chi connectivity index (χ0v) is 27.7. The van der Waals surface area contributed by atoms with Crippen LogP contribution in [0.25, 0.3) is 83.4 Å². The van der Waals surface area contributed by atoms with Crippen LogP contribution >= 0.6 is 0 Å². The Morgan fingerprint density at radius 1 is 0.373 bits per heavy atom. The first kappa shape index (κ1) is 30.1. The summed E-state index contributed by atoms with van der Waals surface area (Å²) in [4.78, 5) is 5.15. The molecule has 0 saturated carbocycles. The molecule has 0 bridgehead atoms. The average molecular weight is 650 g/mol. The van der Waals surface area contributed by atoms with E-state index in [0.717, 1.165) is 61.5 Å². The van der Waals surface area contributed by atoms with E-state index in [4.69, 9.17) is 4.98 Å². The van der Waals surface area contributed by atoms with Crippen molar-refractivity contribution in [2.45, 2.75) is 0 Å². The van der Waals surface area contributed by atoms with Crippen LogP contribution in [0.1, 0.15) is 5.56 Å². The number of nitriles is 1. The number of hydrogen-bond donors (Lipinski definition) is 0. The quantitative estimate of drug-likeness (QED) is 0.180. The van der Waals surface area contributed by atoms with Crippen LogP contribution in [0.5, 0.6) is 0 Å². The topological polar surface area (TPSA) is 41.6 Å². The largest absolute Gasteiger partial charge is 0.309 e. The maximum absolute atomic E-state index is 9.75. The van der Waals surface area contributed by atoms with Gasteiger partial charge in [-0.05, 0) is 88.0 Å². The van der Waals surface area contributed by atoms with E-state index in [9.17, 15) is 5.26 Å². The number of pyridine rings is 1. The molecule has 51 heavy (non-hydrogen) atoms. The van der Waals surface area contributed by atoms with Crippen molar-refractivity contribution in [3.05, 3.63) is 194 Å². The summed E-state index contributed by atoms with van der Waals surface area (Å²) in [6.45, 7) is 0. The summed E-state index contributed by atoms with van der Waals surface area (Å²) in [6.07, 6.45) is 0. The molecule has 0 spiro atoms. The normalized spacial score (nSPS) is 11.1. The van der Waals surface area contributed by atoms with Gasteiger partial charge >= 0.3 is 0 Å².